The van der Waals surface area contributed by atoms with Gasteiger partial charge >= 0.3 is 0 Å². The van der Waals surface area contributed by atoms with Crippen molar-refractivity contribution in [1.29, 1.82) is 0 Å². The van der Waals surface area contributed by atoms with Crippen LogP contribution in [0.5, 0.6) is 5.75 Å². The van der Waals surface area contributed by atoms with Gasteiger partial charge in [-0.25, -0.2) is 0 Å². The molecule has 1 nitrogen and oxygen atoms in total. The van der Waals surface area contributed by atoms with E-state index in [4.69, 9.17) is 4.74 Å². The van der Waals surface area contributed by atoms with Crippen molar-refractivity contribution in [2.45, 2.75) is 39.0 Å². The molecule has 3 rings (SSSR count). The van der Waals surface area contributed by atoms with E-state index in [1.54, 1.807) is 7.11 Å². The highest BCUT2D eigenvalue weighted by Gasteiger charge is 2.18. The first-order valence-electron chi connectivity index (χ1n) is 8.08. The van der Waals surface area contributed by atoms with E-state index >= 15 is 0 Å². The number of allylic oxidation sites excluding steroid dienone is 2. The molecule has 1 atom stereocenters. The predicted octanol–water partition coefficient (Wildman–Crippen LogP) is 5.66. The van der Waals surface area contributed by atoms with Crippen molar-refractivity contribution in [3.05, 3.63) is 70.8 Å². The van der Waals surface area contributed by atoms with Crippen LogP contribution in [0.2, 0.25) is 0 Å². The maximum absolute atomic E-state index is 5.30. The number of hydrogen-bond donors (Lipinski definition) is 0. The van der Waals surface area contributed by atoms with Gasteiger partial charge in [0.1, 0.15) is 5.75 Å². The van der Waals surface area contributed by atoms with E-state index in [2.05, 4.69) is 62.4 Å². The minimum Gasteiger partial charge on any atom is -0.497 e. The maximum atomic E-state index is 5.30. The summed E-state index contributed by atoms with van der Waals surface area (Å²) in [5, 5.41) is 0. The van der Waals surface area contributed by atoms with Crippen molar-refractivity contribution < 1.29 is 4.74 Å². The molecule has 0 saturated carbocycles. The Morgan fingerprint density at radius 2 is 1.77 bits per heavy atom. The average Bonchev–Trinajstić information content (AvgIpc) is 2.56. The Hall–Kier alpha value is -2.02. The van der Waals surface area contributed by atoms with Gasteiger partial charge < -0.3 is 4.74 Å². The Bertz CT molecular complexity index is 680. The van der Waals surface area contributed by atoms with Crippen LogP contribution in [0, 0.1) is 13.8 Å². The normalized spacial score (nSPS) is 18.0. The number of hydrogen-bond acceptors (Lipinski definition) is 1. The quantitative estimate of drug-likeness (QED) is 0.709. The molecule has 1 aliphatic rings. The number of aryl methyl sites for hydroxylation is 2. The first-order valence-corrected chi connectivity index (χ1v) is 8.08. The van der Waals surface area contributed by atoms with E-state index in [9.17, 15) is 0 Å². The van der Waals surface area contributed by atoms with Crippen LogP contribution in [-0.4, -0.2) is 7.11 Å². The third-order valence-electron chi connectivity index (χ3n) is 4.74. The topological polar surface area (TPSA) is 9.23 Å². The lowest BCUT2D eigenvalue weighted by atomic mass is 9.82. The SMILES string of the molecule is COc1ccc(C2=CCC(c3ccc(C)cc3)CC2)c(C)c1. The zero-order valence-electron chi connectivity index (χ0n) is 13.7. The van der Waals surface area contributed by atoms with E-state index in [0.717, 1.165) is 18.6 Å². The van der Waals surface area contributed by atoms with Gasteiger partial charge in [-0.1, -0.05) is 42.0 Å². The summed E-state index contributed by atoms with van der Waals surface area (Å²) in [6.45, 7) is 4.32. The monoisotopic (exact) mass is 292 g/mol. The summed E-state index contributed by atoms with van der Waals surface area (Å²) in [5.74, 6) is 1.61. The van der Waals surface area contributed by atoms with Gasteiger partial charge in [0, 0.05) is 0 Å². The van der Waals surface area contributed by atoms with Crippen molar-refractivity contribution in [2.24, 2.45) is 0 Å². The van der Waals surface area contributed by atoms with Gasteiger partial charge in [0.05, 0.1) is 7.11 Å². The first kappa shape index (κ1) is 14.9. The molecule has 1 unspecified atom stereocenters. The number of methoxy groups -OCH3 is 1. The molecule has 0 N–H and O–H groups in total. The van der Waals surface area contributed by atoms with Crippen molar-refractivity contribution in [1.82, 2.24) is 0 Å². The van der Waals surface area contributed by atoms with Crippen molar-refractivity contribution >= 4 is 5.57 Å². The highest BCUT2D eigenvalue weighted by molar-refractivity contribution is 5.69. The van der Waals surface area contributed by atoms with Gasteiger partial charge in [-0.05, 0) is 73.4 Å². The Morgan fingerprint density at radius 1 is 1.00 bits per heavy atom. The van der Waals surface area contributed by atoms with Gasteiger partial charge in [0.2, 0.25) is 0 Å². The predicted molar refractivity (Wildman–Crippen MR) is 93.5 cm³/mol. The summed E-state index contributed by atoms with van der Waals surface area (Å²) < 4.78 is 5.30. The van der Waals surface area contributed by atoms with Crippen LogP contribution >= 0.6 is 0 Å². The molecule has 0 radical (unpaired) electrons. The average molecular weight is 292 g/mol. The van der Waals surface area contributed by atoms with E-state index < -0.39 is 0 Å². The summed E-state index contributed by atoms with van der Waals surface area (Å²) >= 11 is 0. The molecule has 22 heavy (non-hydrogen) atoms. The fraction of sp³-hybridized carbons (Fsp3) is 0.333. The van der Waals surface area contributed by atoms with E-state index in [-0.39, 0.29) is 0 Å². The van der Waals surface area contributed by atoms with Crippen LogP contribution in [0.4, 0.5) is 0 Å². The van der Waals surface area contributed by atoms with Crippen LogP contribution < -0.4 is 4.74 Å². The van der Waals surface area contributed by atoms with Crippen molar-refractivity contribution in [3.8, 4) is 5.75 Å². The summed E-state index contributed by atoms with van der Waals surface area (Å²) in [5.41, 5.74) is 6.99. The van der Waals surface area contributed by atoms with Gasteiger partial charge in [-0.15, -0.1) is 0 Å². The van der Waals surface area contributed by atoms with Gasteiger partial charge in [-0.2, -0.15) is 0 Å². The fourth-order valence-corrected chi connectivity index (χ4v) is 3.34. The smallest absolute Gasteiger partial charge is 0.119 e. The Kier molecular flexibility index (Phi) is 4.33. The van der Waals surface area contributed by atoms with Crippen LogP contribution in [0.15, 0.2) is 48.5 Å². The molecule has 0 fully saturated rings. The molecule has 1 heteroatoms. The molecule has 0 heterocycles. The zero-order valence-corrected chi connectivity index (χ0v) is 13.7. The zero-order chi connectivity index (χ0) is 15.5. The first-order chi connectivity index (χ1) is 10.7. The number of ether oxygens (including phenoxy) is 1. The lowest BCUT2D eigenvalue weighted by molar-refractivity contribution is 0.414. The third-order valence-corrected chi connectivity index (χ3v) is 4.74. The lowest BCUT2D eigenvalue weighted by Crippen LogP contribution is -2.05. The molecule has 2 aromatic rings. The van der Waals surface area contributed by atoms with Crippen molar-refractivity contribution in [2.75, 3.05) is 7.11 Å². The second kappa shape index (κ2) is 6.39. The molecule has 0 saturated heterocycles. The summed E-state index contributed by atoms with van der Waals surface area (Å²) in [6.07, 6.45) is 5.97. The Labute approximate surface area is 133 Å². The molecule has 114 valence electrons. The second-order valence-electron chi connectivity index (χ2n) is 6.29. The molecule has 1 aliphatic carbocycles. The van der Waals surface area contributed by atoms with E-state index in [1.165, 1.54) is 34.2 Å². The van der Waals surface area contributed by atoms with Gasteiger partial charge in [0.25, 0.3) is 0 Å². The molecule has 0 spiro atoms. The molecular formula is C21H24O. The highest BCUT2D eigenvalue weighted by Crippen LogP contribution is 2.37. The van der Waals surface area contributed by atoms with E-state index in [1.807, 2.05) is 0 Å². The van der Waals surface area contributed by atoms with Crippen LogP contribution in [0.25, 0.3) is 5.57 Å². The number of benzene rings is 2. The summed E-state index contributed by atoms with van der Waals surface area (Å²) in [6, 6.07) is 15.4. The minimum absolute atomic E-state index is 0.669. The van der Waals surface area contributed by atoms with Gasteiger partial charge in [0.15, 0.2) is 0 Å². The van der Waals surface area contributed by atoms with E-state index in [0.29, 0.717) is 5.92 Å². The Morgan fingerprint density at radius 3 is 2.36 bits per heavy atom. The fourth-order valence-electron chi connectivity index (χ4n) is 3.34. The highest BCUT2D eigenvalue weighted by atomic mass is 16.5. The molecule has 0 bridgehead atoms. The summed E-state index contributed by atoms with van der Waals surface area (Å²) in [4.78, 5) is 0. The van der Waals surface area contributed by atoms with Crippen LogP contribution in [-0.2, 0) is 0 Å². The van der Waals surface area contributed by atoms with Crippen molar-refractivity contribution in [3.63, 3.8) is 0 Å². The maximum Gasteiger partial charge on any atom is 0.119 e. The largest absolute Gasteiger partial charge is 0.497 e. The molecule has 0 aromatic heterocycles. The lowest BCUT2D eigenvalue weighted by Gasteiger charge is -2.23. The molecule has 2 aromatic carbocycles. The standard InChI is InChI=1S/C21H24O/c1-15-4-6-17(7-5-15)18-8-10-19(11-9-18)21-13-12-20(22-3)14-16(21)2/h4-7,10,12-14,18H,8-9,11H2,1-3H3. The second-order valence-corrected chi connectivity index (χ2v) is 6.29. The molecule has 0 amide bonds. The summed E-state index contributed by atoms with van der Waals surface area (Å²) in [7, 11) is 1.72. The molecular weight excluding hydrogens is 268 g/mol. The van der Waals surface area contributed by atoms with Crippen LogP contribution in [0.3, 0.4) is 0 Å². The van der Waals surface area contributed by atoms with Gasteiger partial charge in [-0.3, -0.25) is 0 Å². The third kappa shape index (κ3) is 3.09. The number of rotatable bonds is 3. The minimum atomic E-state index is 0.669. The Balaban J connectivity index is 1.77. The molecule has 0 aliphatic heterocycles. The van der Waals surface area contributed by atoms with Crippen LogP contribution in [0.1, 0.15) is 47.4 Å².